The van der Waals surface area contributed by atoms with Crippen molar-refractivity contribution in [3.8, 4) is 0 Å². The van der Waals surface area contributed by atoms with Crippen molar-refractivity contribution in [2.45, 2.75) is 13.1 Å². The first-order valence-corrected chi connectivity index (χ1v) is 5.92. The molecule has 0 radical (unpaired) electrons. The van der Waals surface area contributed by atoms with Crippen LogP contribution in [0, 0.1) is 0 Å². The fourth-order valence-corrected chi connectivity index (χ4v) is 1.87. The minimum absolute atomic E-state index is 0.615. The van der Waals surface area contributed by atoms with Gasteiger partial charge in [0, 0.05) is 13.1 Å². The summed E-state index contributed by atoms with van der Waals surface area (Å²) in [5.41, 5.74) is 8.84. The summed E-state index contributed by atoms with van der Waals surface area (Å²) in [5, 5.41) is 3.96. The van der Waals surface area contributed by atoms with Gasteiger partial charge < -0.3 is 11.1 Å². The Labute approximate surface area is 106 Å². The SMILES string of the molecule is Nc1c(Cl)cccc1CNCc1ccccc1. The maximum atomic E-state index is 5.96. The van der Waals surface area contributed by atoms with E-state index in [1.165, 1.54) is 5.56 Å². The molecule has 2 aromatic rings. The summed E-state index contributed by atoms with van der Waals surface area (Å²) >= 11 is 5.96. The van der Waals surface area contributed by atoms with Gasteiger partial charge in [-0.2, -0.15) is 0 Å². The molecule has 0 aromatic heterocycles. The normalized spacial score (nSPS) is 10.4. The van der Waals surface area contributed by atoms with Crippen LogP contribution in [0.5, 0.6) is 0 Å². The van der Waals surface area contributed by atoms with Gasteiger partial charge in [0.2, 0.25) is 0 Å². The molecular weight excluding hydrogens is 232 g/mol. The van der Waals surface area contributed by atoms with Crippen LogP contribution in [0.3, 0.4) is 0 Å². The van der Waals surface area contributed by atoms with Crippen molar-refractivity contribution in [3.05, 3.63) is 64.7 Å². The Morgan fingerprint density at radius 2 is 1.71 bits per heavy atom. The van der Waals surface area contributed by atoms with Crippen LogP contribution in [0.4, 0.5) is 5.69 Å². The monoisotopic (exact) mass is 246 g/mol. The molecule has 3 heteroatoms. The van der Waals surface area contributed by atoms with Crippen LogP contribution in [0.2, 0.25) is 5.02 Å². The fourth-order valence-electron chi connectivity index (χ4n) is 1.67. The molecule has 88 valence electrons. The summed E-state index contributed by atoms with van der Waals surface area (Å²) in [6.07, 6.45) is 0. The summed E-state index contributed by atoms with van der Waals surface area (Å²) in [6.45, 7) is 1.55. The second-order valence-corrected chi connectivity index (χ2v) is 4.31. The number of nitrogen functional groups attached to an aromatic ring is 1. The third kappa shape index (κ3) is 3.22. The highest BCUT2D eigenvalue weighted by Crippen LogP contribution is 2.22. The third-order valence-electron chi connectivity index (χ3n) is 2.63. The van der Waals surface area contributed by atoms with Crippen molar-refractivity contribution in [2.24, 2.45) is 0 Å². The van der Waals surface area contributed by atoms with Crippen LogP contribution in [0.15, 0.2) is 48.5 Å². The smallest absolute Gasteiger partial charge is 0.0638 e. The second-order valence-electron chi connectivity index (χ2n) is 3.90. The summed E-state index contributed by atoms with van der Waals surface area (Å²) in [4.78, 5) is 0. The van der Waals surface area contributed by atoms with E-state index in [0.717, 1.165) is 18.7 Å². The summed E-state index contributed by atoms with van der Waals surface area (Å²) in [5.74, 6) is 0. The molecule has 0 saturated carbocycles. The number of para-hydroxylation sites is 1. The minimum Gasteiger partial charge on any atom is -0.397 e. The standard InChI is InChI=1S/C14H15ClN2/c15-13-8-4-7-12(14(13)16)10-17-9-11-5-2-1-3-6-11/h1-8,17H,9-10,16H2. The number of nitrogens with one attached hydrogen (secondary N) is 1. The van der Waals surface area contributed by atoms with Gasteiger partial charge in [0.15, 0.2) is 0 Å². The van der Waals surface area contributed by atoms with Crippen LogP contribution >= 0.6 is 11.6 Å². The first kappa shape index (κ1) is 12.0. The lowest BCUT2D eigenvalue weighted by molar-refractivity contribution is 0.695. The molecule has 3 N–H and O–H groups in total. The van der Waals surface area contributed by atoms with Crippen LogP contribution < -0.4 is 11.1 Å². The Hall–Kier alpha value is -1.51. The molecule has 0 spiro atoms. The highest BCUT2D eigenvalue weighted by atomic mass is 35.5. The van der Waals surface area contributed by atoms with Crippen molar-refractivity contribution in [1.29, 1.82) is 0 Å². The number of nitrogens with two attached hydrogens (primary N) is 1. The molecule has 0 bridgehead atoms. The van der Waals surface area contributed by atoms with Gasteiger partial charge in [-0.25, -0.2) is 0 Å². The first-order valence-electron chi connectivity index (χ1n) is 5.55. The fraction of sp³-hybridized carbons (Fsp3) is 0.143. The van der Waals surface area contributed by atoms with Crippen LogP contribution in [-0.2, 0) is 13.1 Å². The van der Waals surface area contributed by atoms with Crippen molar-refractivity contribution in [2.75, 3.05) is 5.73 Å². The molecule has 0 fully saturated rings. The quantitative estimate of drug-likeness (QED) is 0.813. The maximum Gasteiger partial charge on any atom is 0.0638 e. The van der Waals surface area contributed by atoms with Gasteiger partial charge in [0.25, 0.3) is 0 Å². The van der Waals surface area contributed by atoms with Gasteiger partial charge in [-0.15, -0.1) is 0 Å². The Morgan fingerprint density at radius 1 is 0.941 bits per heavy atom. The van der Waals surface area contributed by atoms with Crippen molar-refractivity contribution >= 4 is 17.3 Å². The van der Waals surface area contributed by atoms with E-state index in [-0.39, 0.29) is 0 Å². The first-order chi connectivity index (χ1) is 8.27. The zero-order valence-corrected chi connectivity index (χ0v) is 10.2. The van der Waals surface area contributed by atoms with E-state index in [0.29, 0.717) is 10.7 Å². The van der Waals surface area contributed by atoms with Crippen LogP contribution in [0.25, 0.3) is 0 Å². The highest BCUT2D eigenvalue weighted by molar-refractivity contribution is 6.33. The molecule has 0 amide bonds. The predicted octanol–water partition coefficient (Wildman–Crippen LogP) is 3.21. The van der Waals surface area contributed by atoms with Crippen LogP contribution in [0.1, 0.15) is 11.1 Å². The Morgan fingerprint density at radius 3 is 2.47 bits per heavy atom. The van der Waals surface area contributed by atoms with Gasteiger partial charge >= 0.3 is 0 Å². The Balaban J connectivity index is 1.93. The van der Waals surface area contributed by atoms with Gasteiger partial charge in [0.1, 0.15) is 0 Å². The zero-order valence-electron chi connectivity index (χ0n) is 9.49. The summed E-state index contributed by atoms with van der Waals surface area (Å²) in [6, 6.07) is 16.0. The molecule has 0 aliphatic rings. The summed E-state index contributed by atoms with van der Waals surface area (Å²) < 4.78 is 0. The zero-order chi connectivity index (χ0) is 12.1. The molecule has 0 unspecified atom stereocenters. The lowest BCUT2D eigenvalue weighted by Gasteiger charge is -2.08. The number of anilines is 1. The van der Waals surface area contributed by atoms with E-state index < -0.39 is 0 Å². The van der Waals surface area contributed by atoms with E-state index in [4.69, 9.17) is 17.3 Å². The maximum absolute atomic E-state index is 5.96. The van der Waals surface area contributed by atoms with Gasteiger partial charge in [0.05, 0.1) is 10.7 Å². The third-order valence-corrected chi connectivity index (χ3v) is 2.96. The number of benzene rings is 2. The largest absolute Gasteiger partial charge is 0.397 e. The lowest BCUT2D eigenvalue weighted by Crippen LogP contribution is -2.13. The van der Waals surface area contributed by atoms with Crippen LogP contribution in [-0.4, -0.2) is 0 Å². The average Bonchev–Trinajstić information content (AvgIpc) is 2.36. The molecule has 2 rings (SSSR count). The second kappa shape index (κ2) is 5.71. The number of hydrogen-bond donors (Lipinski definition) is 2. The molecule has 17 heavy (non-hydrogen) atoms. The minimum atomic E-state index is 0.615. The predicted molar refractivity (Wildman–Crippen MR) is 72.9 cm³/mol. The Bertz CT molecular complexity index is 483. The van der Waals surface area contributed by atoms with Gasteiger partial charge in [-0.1, -0.05) is 54.1 Å². The highest BCUT2D eigenvalue weighted by Gasteiger charge is 2.02. The average molecular weight is 247 g/mol. The number of rotatable bonds is 4. The van der Waals surface area contributed by atoms with Crippen molar-refractivity contribution in [1.82, 2.24) is 5.32 Å². The van der Waals surface area contributed by atoms with Crippen molar-refractivity contribution < 1.29 is 0 Å². The Kier molecular flexibility index (Phi) is 4.02. The lowest BCUT2D eigenvalue weighted by atomic mass is 10.1. The molecular formula is C14H15ClN2. The molecule has 2 aromatic carbocycles. The molecule has 0 saturated heterocycles. The van der Waals surface area contributed by atoms with E-state index in [2.05, 4.69) is 17.4 Å². The number of halogens is 1. The molecule has 0 atom stereocenters. The topological polar surface area (TPSA) is 38.0 Å². The van der Waals surface area contributed by atoms with Gasteiger partial charge in [-0.05, 0) is 17.2 Å². The number of hydrogen-bond acceptors (Lipinski definition) is 2. The van der Waals surface area contributed by atoms with Crippen molar-refractivity contribution in [3.63, 3.8) is 0 Å². The molecule has 2 nitrogen and oxygen atoms in total. The molecule has 0 aliphatic carbocycles. The van der Waals surface area contributed by atoms with Gasteiger partial charge in [-0.3, -0.25) is 0 Å². The van der Waals surface area contributed by atoms with E-state index in [1.54, 1.807) is 6.07 Å². The molecule has 0 aliphatic heterocycles. The molecule has 0 heterocycles. The van der Waals surface area contributed by atoms with E-state index in [1.807, 2.05) is 30.3 Å². The summed E-state index contributed by atoms with van der Waals surface area (Å²) in [7, 11) is 0. The van der Waals surface area contributed by atoms with E-state index in [9.17, 15) is 0 Å². The van der Waals surface area contributed by atoms with E-state index >= 15 is 0 Å².